The molecule has 0 saturated heterocycles. The van der Waals surface area contributed by atoms with E-state index in [2.05, 4.69) is 0 Å². The predicted molar refractivity (Wildman–Crippen MR) is 64.1 cm³/mol. The van der Waals surface area contributed by atoms with Crippen LogP contribution in [0.2, 0.25) is 0 Å². The fourth-order valence-corrected chi connectivity index (χ4v) is 2.31. The van der Waals surface area contributed by atoms with Crippen molar-refractivity contribution in [2.45, 2.75) is 25.2 Å². The monoisotopic (exact) mass is 233 g/mol. The van der Waals surface area contributed by atoms with Gasteiger partial charge in [0.25, 0.3) is 0 Å². The van der Waals surface area contributed by atoms with Gasteiger partial charge in [-0.15, -0.1) is 0 Å². The number of nitrogens with zero attached hydrogens (tertiary/aromatic N) is 1. The lowest BCUT2D eigenvalue weighted by atomic mass is 9.95. The molecule has 1 atom stereocenters. The summed E-state index contributed by atoms with van der Waals surface area (Å²) in [5.74, 6) is -0.913. The number of carbonyl (C=O) groups is 2. The van der Waals surface area contributed by atoms with Gasteiger partial charge in [0, 0.05) is 19.2 Å². The van der Waals surface area contributed by atoms with Crippen molar-refractivity contribution in [2.24, 2.45) is 0 Å². The molecule has 1 unspecified atom stereocenters. The van der Waals surface area contributed by atoms with E-state index in [1.54, 1.807) is 11.9 Å². The largest absolute Gasteiger partial charge is 0.481 e. The SMILES string of the molecule is CN1C(=O)C(CCCC(=O)O)c2ccccc21. The maximum absolute atomic E-state index is 12.0. The molecule has 1 N–H and O–H groups in total. The second-order valence-electron chi connectivity index (χ2n) is 4.29. The third-order valence-electron chi connectivity index (χ3n) is 3.19. The van der Waals surface area contributed by atoms with Crippen molar-refractivity contribution in [1.82, 2.24) is 0 Å². The summed E-state index contributed by atoms with van der Waals surface area (Å²) in [7, 11) is 1.76. The number of fused-ring (bicyclic) bond motifs is 1. The van der Waals surface area contributed by atoms with Crippen LogP contribution < -0.4 is 4.90 Å². The molecule has 0 aliphatic carbocycles. The highest BCUT2D eigenvalue weighted by atomic mass is 16.4. The van der Waals surface area contributed by atoms with Gasteiger partial charge in [-0.2, -0.15) is 0 Å². The van der Waals surface area contributed by atoms with E-state index in [0.717, 1.165) is 11.3 Å². The third-order valence-corrected chi connectivity index (χ3v) is 3.19. The van der Waals surface area contributed by atoms with E-state index in [4.69, 9.17) is 5.11 Å². The van der Waals surface area contributed by atoms with E-state index in [1.165, 1.54) is 0 Å². The van der Waals surface area contributed by atoms with Crippen molar-refractivity contribution in [3.8, 4) is 0 Å². The lowest BCUT2D eigenvalue weighted by Crippen LogP contribution is -2.23. The summed E-state index contributed by atoms with van der Waals surface area (Å²) in [5, 5.41) is 8.61. The van der Waals surface area contributed by atoms with Crippen LogP contribution in [0, 0.1) is 0 Å². The smallest absolute Gasteiger partial charge is 0.303 e. The molecule has 0 aromatic heterocycles. The summed E-state index contributed by atoms with van der Waals surface area (Å²) >= 11 is 0. The van der Waals surface area contributed by atoms with Crippen molar-refractivity contribution in [3.05, 3.63) is 29.8 Å². The Morgan fingerprint density at radius 1 is 1.41 bits per heavy atom. The lowest BCUT2D eigenvalue weighted by Gasteiger charge is -2.10. The van der Waals surface area contributed by atoms with E-state index in [9.17, 15) is 9.59 Å². The number of carboxylic acid groups (broad SMARTS) is 1. The average molecular weight is 233 g/mol. The van der Waals surface area contributed by atoms with Crippen LogP contribution >= 0.6 is 0 Å². The second-order valence-corrected chi connectivity index (χ2v) is 4.29. The fourth-order valence-electron chi connectivity index (χ4n) is 2.31. The highest BCUT2D eigenvalue weighted by Gasteiger charge is 2.34. The molecule has 0 spiro atoms. The standard InChI is InChI=1S/C13H15NO3/c1-14-11-7-3-2-5-9(11)10(13(14)17)6-4-8-12(15)16/h2-3,5,7,10H,4,6,8H2,1H3,(H,15,16). The van der Waals surface area contributed by atoms with Crippen LogP contribution in [-0.4, -0.2) is 24.0 Å². The molecule has 0 fully saturated rings. The lowest BCUT2D eigenvalue weighted by molar-refractivity contribution is -0.137. The summed E-state index contributed by atoms with van der Waals surface area (Å²) < 4.78 is 0. The average Bonchev–Trinajstić information content (AvgIpc) is 2.54. The van der Waals surface area contributed by atoms with Gasteiger partial charge in [-0.1, -0.05) is 18.2 Å². The van der Waals surface area contributed by atoms with Gasteiger partial charge < -0.3 is 10.0 Å². The maximum Gasteiger partial charge on any atom is 0.303 e. The number of hydrogen-bond acceptors (Lipinski definition) is 2. The normalized spacial score (nSPS) is 18.3. The minimum atomic E-state index is -0.808. The number of anilines is 1. The summed E-state index contributed by atoms with van der Waals surface area (Å²) in [5.41, 5.74) is 1.96. The minimum absolute atomic E-state index is 0.0663. The zero-order valence-corrected chi connectivity index (χ0v) is 9.72. The zero-order chi connectivity index (χ0) is 12.4. The van der Waals surface area contributed by atoms with Crippen LogP contribution in [0.1, 0.15) is 30.7 Å². The van der Waals surface area contributed by atoms with E-state index in [-0.39, 0.29) is 18.2 Å². The molecular weight excluding hydrogens is 218 g/mol. The number of aliphatic carboxylic acids is 1. The molecule has 1 heterocycles. The van der Waals surface area contributed by atoms with Crippen molar-refractivity contribution >= 4 is 17.6 Å². The van der Waals surface area contributed by atoms with E-state index >= 15 is 0 Å². The molecule has 4 nitrogen and oxygen atoms in total. The highest BCUT2D eigenvalue weighted by molar-refractivity contribution is 6.04. The zero-order valence-electron chi connectivity index (χ0n) is 9.72. The van der Waals surface area contributed by atoms with Crippen LogP contribution in [0.15, 0.2) is 24.3 Å². The molecule has 1 aromatic rings. The molecule has 1 aliphatic heterocycles. The first-order valence-corrected chi connectivity index (χ1v) is 5.69. The first-order chi connectivity index (χ1) is 8.11. The van der Waals surface area contributed by atoms with Gasteiger partial charge in [0.05, 0.1) is 5.92 Å². The number of para-hydroxylation sites is 1. The quantitative estimate of drug-likeness (QED) is 0.865. The number of carbonyl (C=O) groups excluding carboxylic acids is 1. The molecule has 17 heavy (non-hydrogen) atoms. The molecule has 0 saturated carbocycles. The molecule has 0 radical (unpaired) electrons. The molecule has 1 aromatic carbocycles. The van der Waals surface area contributed by atoms with Crippen LogP contribution in [0.4, 0.5) is 5.69 Å². The van der Waals surface area contributed by atoms with Crippen molar-refractivity contribution in [1.29, 1.82) is 0 Å². The Balaban J connectivity index is 2.13. The minimum Gasteiger partial charge on any atom is -0.481 e. The van der Waals surface area contributed by atoms with Crippen LogP contribution in [0.5, 0.6) is 0 Å². The van der Waals surface area contributed by atoms with E-state index in [1.807, 2.05) is 24.3 Å². The second kappa shape index (κ2) is 4.57. The van der Waals surface area contributed by atoms with Crippen LogP contribution in [0.3, 0.4) is 0 Å². The highest BCUT2D eigenvalue weighted by Crippen LogP contribution is 2.38. The van der Waals surface area contributed by atoms with Crippen LogP contribution in [0.25, 0.3) is 0 Å². The molecule has 1 amide bonds. The molecule has 1 aliphatic rings. The van der Waals surface area contributed by atoms with Gasteiger partial charge >= 0.3 is 5.97 Å². The van der Waals surface area contributed by atoms with E-state index < -0.39 is 5.97 Å². The van der Waals surface area contributed by atoms with Gasteiger partial charge in [0.1, 0.15) is 0 Å². The number of likely N-dealkylation sites (N-methyl/N-ethyl adjacent to an activating group) is 1. The summed E-state index contributed by atoms with van der Waals surface area (Å²) in [6.45, 7) is 0. The molecule has 4 heteroatoms. The molecule has 0 bridgehead atoms. The van der Waals surface area contributed by atoms with Gasteiger partial charge in [-0.3, -0.25) is 9.59 Å². The number of benzene rings is 1. The number of carboxylic acids is 1. The van der Waals surface area contributed by atoms with E-state index in [0.29, 0.717) is 12.8 Å². The Morgan fingerprint density at radius 3 is 2.82 bits per heavy atom. The number of rotatable bonds is 4. The van der Waals surface area contributed by atoms with Gasteiger partial charge in [0.15, 0.2) is 0 Å². The Labute approximate surface area is 99.9 Å². The Hall–Kier alpha value is -1.84. The summed E-state index contributed by atoms with van der Waals surface area (Å²) in [6, 6.07) is 7.68. The van der Waals surface area contributed by atoms with Gasteiger partial charge in [-0.25, -0.2) is 0 Å². The first-order valence-electron chi connectivity index (χ1n) is 5.69. The summed E-state index contributed by atoms with van der Waals surface area (Å²) in [6.07, 6.45) is 1.26. The number of hydrogen-bond donors (Lipinski definition) is 1. The molecular formula is C13H15NO3. The summed E-state index contributed by atoms with van der Waals surface area (Å²) in [4.78, 5) is 24.1. The molecule has 2 rings (SSSR count). The van der Waals surface area contributed by atoms with Crippen molar-refractivity contribution < 1.29 is 14.7 Å². The maximum atomic E-state index is 12.0. The topological polar surface area (TPSA) is 57.6 Å². The Morgan fingerprint density at radius 2 is 2.12 bits per heavy atom. The third kappa shape index (κ3) is 2.16. The Kier molecular flexibility index (Phi) is 3.13. The van der Waals surface area contributed by atoms with Crippen molar-refractivity contribution in [3.63, 3.8) is 0 Å². The first kappa shape index (κ1) is 11.6. The Bertz CT molecular complexity index is 456. The number of amides is 1. The van der Waals surface area contributed by atoms with Crippen molar-refractivity contribution in [2.75, 3.05) is 11.9 Å². The fraction of sp³-hybridized carbons (Fsp3) is 0.385. The van der Waals surface area contributed by atoms with Gasteiger partial charge in [0.2, 0.25) is 5.91 Å². The van der Waals surface area contributed by atoms with Crippen LogP contribution in [-0.2, 0) is 9.59 Å². The predicted octanol–water partition coefficient (Wildman–Crippen LogP) is 2.00. The molecule has 90 valence electrons. The van der Waals surface area contributed by atoms with Gasteiger partial charge in [-0.05, 0) is 24.5 Å².